The van der Waals surface area contributed by atoms with Crippen LogP contribution in [0.2, 0.25) is 0 Å². The average molecular weight is 324 g/mol. The number of urea groups is 2. The van der Waals surface area contributed by atoms with Crippen LogP contribution in [0.5, 0.6) is 0 Å². The van der Waals surface area contributed by atoms with Gasteiger partial charge < -0.3 is 21.6 Å². The minimum atomic E-state index is -1.39. The van der Waals surface area contributed by atoms with Crippen LogP contribution in [0.1, 0.15) is 0 Å². The Labute approximate surface area is 120 Å². The molecule has 13 N–H and O–H groups in total. The normalized spacial score (nSPS) is 19.9. The van der Waals surface area contributed by atoms with Gasteiger partial charge in [-0.15, -0.1) is 12.4 Å². The number of carbonyl (C=O) groups is 2. The van der Waals surface area contributed by atoms with E-state index in [-0.39, 0.29) is 23.4 Å². The van der Waals surface area contributed by atoms with Crippen molar-refractivity contribution in [1.29, 1.82) is 0 Å². The van der Waals surface area contributed by atoms with E-state index in [2.05, 4.69) is 10.7 Å². The first-order chi connectivity index (χ1) is 7.34. The summed E-state index contributed by atoms with van der Waals surface area (Å²) in [7, 11) is 0. The first kappa shape index (κ1) is 23.0. The van der Waals surface area contributed by atoms with Gasteiger partial charge in [0.2, 0.25) is 0 Å². The maximum atomic E-state index is 11.5. The fourth-order valence-electron chi connectivity index (χ4n) is 1.24. The number of primary amides is 1. The van der Waals surface area contributed by atoms with Crippen molar-refractivity contribution in [2.45, 2.75) is 11.3 Å². The highest BCUT2D eigenvalue weighted by Crippen LogP contribution is 2.15. The summed E-state index contributed by atoms with van der Waals surface area (Å²) in [4.78, 5) is 23.1. The van der Waals surface area contributed by atoms with E-state index in [0.717, 1.165) is 0 Å². The largest absolute Gasteiger partial charge is 0.412 e. The number of rotatable bonds is 0. The quantitative estimate of drug-likeness (QED) is 0.114. The molecule has 13 heteroatoms. The van der Waals surface area contributed by atoms with Crippen molar-refractivity contribution in [3.63, 3.8) is 0 Å². The highest BCUT2D eigenvalue weighted by molar-refractivity contribution is 6.22. The Bertz CT molecular complexity index is 305. The summed E-state index contributed by atoms with van der Waals surface area (Å²) >= 11 is 5.89. The molecular formula is C6H19Cl2N7O4. The molecule has 0 aliphatic carbocycles. The molecule has 1 rings (SSSR count). The van der Waals surface area contributed by atoms with Crippen molar-refractivity contribution in [3.05, 3.63) is 0 Å². The van der Waals surface area contributed by atoms with Crippen LogP contribution in [-0.2, 0) is 0 Å². The van der Waals surface area contributed by atoms with Crippen molar-refractivity contribution in [1.82, 2.24) is 21.1 Å². The van der Waals surface area contributed by atoms with Crippen LogP contribution in [0.15, 0.2) is 0 Å². The molecule has 0 bridgehead atoms. The molecule has 0 spiro atoms. The lowest BCUT2D eigenvalue weighted by atomic mass is 10.2. The number of piperazine rings is 1. The second kappa shape index (κ2) is 8.92. The van der Waals surface area contributed by atoms with E-state index in [1.165, 1.54) is 4.90 Å². The minimum absolute atomic E-state index is 0. The van der Waals surface area contributed by atoms with Crippen LogP contribution in [-0.4, -0.2) is 52.3 Å². The molecule has 1 heterocycles. The molecule has 1 aliphatic heterocycles. The Kier molecular flexibility index (Phi) is 10.8. The topological polar surface area (TPSA) is 215 Å². The maximum absolute atomic E-state index is 11.5. The van der Waals surface area contributed by atoms with E-state index < -0.39 is 23.4 Å². The molecule has 0 aromatic rings. The molecule has 1 atom stereocenters. The van der Waals surface area contributed by atoms with E-state index >= 15 is 0 Å². The monoisotopic (exact) mass is 323 g/mol. The summed E-state index contributed by atoms with van der Waals surface area (Å²) in [6.07, 6.45) is 0. The summed E-state index contributed by atoms with van der Waals surface area (Å²) in [5, 5.41) is 2.75. The predicted molar refractivity (Wildman–Crippen MR) is 71.2 cm³/mol. The third-order valence-corrected chi connectivity index (χ3v) is 2.60. The Morgan fingerprint density at radius 1 is 1.32 bits per heavy atom. The molecule has 0 radical (unpaired) electrons. The molecule has 1 unspecified atom stereocenters. The zero-order chi connectivity index (χ0) is 12.3. The lowest BCUT2D eigenvalue weighted by molar-refractivity contribution is 0.123. The van der Waals surface area contributed by atoms with Gasteiger partial charge in [-0.05, 0) is 0 Å². The van der Waals surface area contributed by atoms with Gasteiger partial charge >= 0.3 is 12.1 Å². The Morgan fingerprint density at radius 2 is 1.84 bits per heavy atom. The van der Waals surface area contributed by atoms with Crippen LogP contribution in [0.3, 0.4) is 0 Å². The zero-order valence-corrected chi connectivity index (χ0v) is 11.3. The van der Waals surface area contributed by atoms with Crippen molar-refractivity contribution in [3.8, 4) is 0 Å². The third kappa shape index (κ3) is 6.07. The Morgan fingerprint density at radius 3 is 2.32 bits per heavy atom. The van der Waals surface area contributed by atoms with Gasteiger partial charge in [-0.25, -0.2) is 20.4 Å². The third-order valence-electron chi connectivity index (χ3n) is 2.01. The second-order valence-corrected chi connectivity index (χ2v) is 3.72. The van der Waals surface area contributed by atoms with Gasteiger partial charge in [0, 0.05) is 13.1 Å². The first-order valence-corrected chi connectivity index (χ1v) is 4.87. The summed E-state index contributed by atoms with van der Waals surface area (Å²) in [5.74, 6) is -1.39. The van der Waals surface area contributed by atoms with Gasteiger partial charge in [0.05, 0.1) is 0 Å². The van der Waals surface area contributed by atoms with E-state index in [9.17, 15) is 9.59 Å². The number of nitrogens with one attached hydrogen (secondary N) is 3. The van der Waals surface area contributed by atoms with Gasteiger partial charge in [0.25, 0.3) is 0 Å². The summed E-state index contributed by atoms with van der Waals surface area (Å²) in [6, 6.07) is -1.53. The average Bonchev–Trinajstić information content (AvgIpc) is 2.18. The molecule has 0 saturated carbocycles. The molecule has 4 amide bonds. The van der Waals surface area contributed by atoms with Gasteiger partial charge in [0.1, 0.15) is 0 Å². The highest BCUT2D eigenvalue weighted by atomic mass is 35.5. The smallest absolute Gasteiger partial charge is 0.337 e. The van der Waals surface area contributed by atoms with Crippen molar-refractivity contribution in [2.75, 3.05) is 13.1 Å². The molecule has 1 saturated heterocycles. The fraction of sp³-hybridized carbons (Fsp3) is 0.667. The second-order valence-electron chi connectivity index (χ2n) is 3.31. The molecule has 19 heavy (non-hydrogen) atoms. The van der Waals surface area contributed by atoms with Crippen LogP contribution < -0.4 is 33.4 Å². The van der Waals surface area contributed by atoms with Gasteiger partial charge in [-0.2, -0.15) is 0 Å². The number of alkyl halides is 1. The number of nitrogens with zero attached hydrogens (tertiary/aromatic N) is 1. The van der Waals surface area contributed by atoms with Gasteiger partial charge in [0.15, 0.2) is 11.3 Å². The standard InChI is InChI=1S/C6H14ClN7O2.ClH.2H2O/c7-3-6(9,10)11-1-2-14(3)5(16)13-12-4(8)15;;;/h3,11H,1-2,9-10H2,(H,13,16)(H3,8,12,15);1H;2*1H2. The van der Waals surface area contributed by atoms with Crippen molar-refractivity contribution >= 4 is 36.1 Å². The predicted octanol–water partition coefficient (Wildman–Crippen LogP) is -3.91. The van der Waals surface area contributed by atoms with E-state index in [1.807, 2.05) is 5.43 Å². The maximum Gasteiger partial charge on any atom is 0.337 e. The molecule has 1 aliphatic rings. The molecule has 11 nitrogen and oxygen atoms in total. The SMILES string of the molecule is Cl.NC(=O)NNC(=O)N1CCNC(N)(N)C1Cl.O.O. The van der Waals surface area contributed by atoms with E-state index in [4.69, 9.17) is 28.8 Å². The van der Waals surface area contributed by atoms with Crippen LogP contribution in [0, 0.1) is 0 Å². The Balaban J connectivity index is -0.000000853. The van der Waals surface area contributed by atoms with E-state index in [1.54, 1.807) is 0 Å². The molecular weight excluding hydrogens is 305 g/mol. The fourth-order valence-corrected chi connectivity index (χ4v) is 1.50. The summed E-state index contributed by atoms with van der Waals surface area (Å²) in [5.41, 5.74) is 19.0. The summed E-state index contributed by atoms with van der Waals surface area (Å²) in [6.45, 7) is 0.691. The molecule has 0 aromatic heterocycles. The number of hydrogen-bond donors (Lipinski definition) is 6. The van der Waals surface area contributed by atoms with Crippen LogP contribution >= 0.6 is 24.0 Å². The lowest BCUT2D eigenvalue weighted by Crippen LogP contribution is -2.76. The number of hydrogen-bond acceptors (Lipinski definition) is 5. The number of amides is 4. The lowest BCUT2D eigenvalue weighted by Gasteiger charge is -2.42. The number of carbonyl (C=O) groups excluding carboxylic acids is 2. The minimum Gasteiger partial charge on any atom is -0.412 e. The van der Waals surface area contributed by atoms with Crippen molar-refractivity contribution in [2.24, 2.45) is 17.2 Å². The van der Waals surface area contributed by atoms with Gasteiger partial charge in [-0.1, -0.05) is 11.6 Å². The van der Waals surface area contributed by atoms with Crippen LogP contribution in [0.25, 0.3) is 0 Å². The molecule has 0 aromatic carbocycles. The molecule has 1 fully saturated rings. The Hall–Kier alpha value is -1.08. The van der Waals surface area contributed by atoms with E-state index in [0.29, 0.717) is 13.1 Å². The molecule has 116 valence electrons. The zero-order valence-electron chi connectivity index (χ0n) is 9.77. The number of halogens is 2. The van der Waals surface area contributed by atoms with Crippen molar-refractivity contribution < 1.29 is 20.5 Å². The first-order valence-electron chi connectivity index (χ1n) is 4.43. The summed E-state index contributed by atoms with van der Waals surface area (Å²) < 4.78 is 0. The van der Waals surface area contributed by atoms with Crippen LogP contribution in [0.4, 0.5) is 9.59 Å². The number of nitrogens with two attached hydrogens (primary N) is 3. The van der Waals surface area contributed by atoms with Gasteiger partial charge in [-0.3, -0.25) is 16.8 Å². The highest BCUT2D eigenvalue weighted by Gasteiger charge is 2.39. The number of hydrazine groups is 1.